The second-order valence-corrected chi connectivity index (χ2v) is 8.26. The number of ether oxygens (including phenoxy) is 1. The SMILES string of the molecule is CC1CNC(=O)C2=C(C(=O)Nc3ccc(CNC(=O)OC(C)(C)C)cc3)N=CC21. The zero-order chi connectivity index (χ0) is 21.2. The summed E-state index contributed by atoms with van der Waals surface area (Å²) in [7, 11) is 0. The molecule has 2 aliphatic rings. The first kappa shape index (κ1) is 20.6. The minimum atomic E-state index is -0.553. The van der Waals surface area contributed by atoms with Gasteiger partial charge in [0.2, 0.25) is 5.91 Å². The average molecular weight is 398 g/mol. The molecular weight excluding hydrogens is 372 g/mol. The number of carbonyl (C=O) groups is 3. The number of anilines is 1. The Hall–Kier alpha value is -3.16. The van der Waals surface area contributed by atoms with Crippen molar-refractivity contribution in [1.29, 1.82) is 0 Å². The van der Waals surface area contributed by atoms with Crippen LogP contribution in [0.2, 0.25) is 0 Å². The van der Waals surface area contributed by atoms with E-state index < -0.39 is 17.6 Å². The number of nitrogens with one attached hydrogen (secondary N) is 3. The van der Waals surface area contributed by atoms with Gasteiger partial charge in [-0.05, 0) is 44.4 Å². The van der Waals surface area contributed by atoms with Crippen molar-refractivity contribution in [2.75, 3.05) is 11.9 Å². The number of amides is 3. The maximum Gasteiger partial charge on any atom is 0.407 e. The molecule has 1 fully saturated rings. The summed E-state index contributed by atoms with van der Waals surface area (Å²) in [5.41, 5.74) is 1.47. The topological polar surface area (TPSA) is 109 Å². The van der Waals surface area contributed by atoms with Crippen LogP contribution in [0.4, 0.5) is 10.5 Å². The minimum absolute atomic E-state index is 0.120. The number of aliphatic imine (C=N–C) groups is 1. The van der Waals surface area contributed by atoms with Crippen LogP contribution < -0.4 is 16.0 Å². The Bertz CT molecular complexity index is 881. The fourth-order valence-corrected chi connectivity index (χ4v) is 3.19. The Morgan fingerprint density at radius 1 is 1.24 bits per heavy atom. The number of benzene rings is 1. The maximum absolute atomic E-state index is 12.6. The van der Waals surface area contributed by atoms with Crippen LogP contribution in [0.25, 0.3) is 0 Å². The number of rotatable bonds is 4. The molecule has 0 saturated carbocycles. The zero-order valence-electron chi connectivity index (χ0n) is 17.0. The largest absolute Gasteiger partial charge is 0.444 e. The Kier molecular flexibility index (Phi) is 5.72. The summed E-state index contributed by atoms with van der Waals surface area (Å²) in [6, 6.07) is 7.05. The molecule has 2 aliphatic heterocycles. The number of fused-ring (bicyclic) bond motifs is 1. The summed E-state index contributed by atoms with van der Waals surface area (Å²) in [4.78, 5) is 40.7. The van der Waals surface area contributed by atoms with E-state index in [-0.39, 0.29) is 23.4 Å². The van der Waals surface area contributed by atoms with Crippen LogP contribution in [0.1, 0.15) is 33.3 Å². The first-order valence-corrected chi connectivity index (χ1v) is 9.58. The molecule has 0 radical (unpaired) electrons. The quantitative estimate of drug-likeness (QED) is 0.723. The summed E-state index contributed by atoms with van der Waals surface area (Å²) in [6.07, 6.45) is 1.19. The summed E-state index contributed by atoms with van der Waals surface area (Å²) in [6.45, 7) is 8.30. The van der Waals surface area contributed by atoms with Crippen molar-refractivity contribution in [3.05, 3.63) is 41.1 Å². The van der Waals surface area contributed by atoms with Crippen molar-refractivity contribution in [3.8, 4) is 0 Å². The van der Waals surface area contributed by atoms with Gasteiger partial charge in [-0.1, -0.05) is 19.1 Å². The van der Waals surface area contributed by atoms with Gasteiger partial charge >= 0.3 is 6.09 Å². The van der Waals surface area contributed by atoms with Gasteiger partial charge in [0.1, 0.15) is 11.3 Å². The molecule has 29 heavy (non-hydrogen) atoms. The summed E-state index contributed by atoms with van der Waals surface area (Å²) < 4.78 is 5.19. The number of nitrogens with zero attached hydrogens (tertiary/aromatic N) is 1. The third-order valence-corrected chi connectivity index (χ3v) is 4.66. The smallest absolute Gasteiger partial charge is 0.407 e. The van der Waals surface area contributed by atoms with Gasteiger partial charge in [0.25, 0.3) is 5.91 Å². The molecule has 1 saturated heterocycles. The molecule has 1 aromatic rings. The number of carbonyl (C=O) groups excluding carboxylic acids is 3. The van der Waals surface area contributed by atoms with E-state index in [1.165, 1.54) is 0 Å². The van der Waals surface area contributed by atoms with Crippen LogP contribution >= 0.6 is 0 Å². The molecular formula is C21H26N4O4. The van der Waals surface area contributed by atoms with E-state index in [0.717, 1.165) is 5.56 Å². The molecule has 3 rings (SSSR count). The summed E-state index contributed by atoms with van der Waals surface area (Å²) in [5, 5.41) is 8.25. The van der Waals surface area contributed by atoms with E-state index in [0.29, 0.717) is 24.4 Å². The van der Waals surface area contributed by atoms with Gasteiger partial charge in [0.05, 0.1) is 5.57 Å². The van der Waals surface area contributed by atoms with E-state index in [1.54, 1.807) is 51.3 Å². The van der Waals surface area contributed by atoms with E-state index >= 15 is 0 Å². The Morgan fingerprint density at radius 2 is 1.93 bits per heavy atom. The van der Waals surface area contributed by atoms with E-state index in [1.807, 2.05) is 6.92 Å². The molecule has 8 nitrogen and oxygen atoms in total. The first-order valence-electron chi connectivity index (χ1n) is 9.58. The van der Waals surface area contributed by atoms with Crippen molar-refractivity contribution < 1.29 is 19.1 Å². The van der Waals surface area contributed by atoms with Gasteiger partial charge < -0.3 is 20.7 Å². The van der Waals surface area contributed by atoms with Gasteiger partial charge in [-0.3, -0.25) is 14.6 Å². The highest BCUT2D eigenvalue weighted by atomic mass is 16.6. The van der Waals surface area contributed by atoms with Crippen LogP contribution in [0.5, 0.6) is 0 Å². The monoisotopic (exact) mass is 398 g/mol. The predicted molar refractivity (Wildman–Crippen MR) is 109 cm³/mol. The van der Waals surface area contributed by atoms with Gasteiger partial charge in [-0.15, -0.1) is 0 Å². The van der Waals surface area contributed by atoms with E-state index in [4.69, 9.17) is 4.74 Å². The second kappa shape index (κ2) is 8.06. The Morgan fingerprint density at radius 3 is 2.59 bits per heavy atom. The third kappa shape index (κ3) is 5.01. The lowest BCUT2D eigenvalue weighted by Gasteiger charge is -2.26. The van der Waals surface area contributed by atoms with E-state index in [9.17, 15) is 14.4 Å². The third-order valence-electron chi connectivity index (χ3n) is 4.66. The van der Waals surface area contributed by atoms with E-state index in [2.05, 4.69) is 20.9 Å². The average Bonchev–Trinajstić information content (AvgIpc) is 3.09. The first-order chi connectivity index (χ1) is 13.6. The normalized spacial score (nSPS) is 20.8. The lowest BCUT2D eigenvalue weighted by Crippen LogP contribution is -2.42. The standard InChI is InChI=1S/C21H26N4O4/c1-12-9-23-18(26)16-15(12)11-22-17(16)19(27)25-14-7-5-13(6-8-14)10-24-20(28)29-21(2,3)4/h5-8,11-12,15H,9-10H2,1-4H3,(H,23,26)(H,24,28)(H,25,27). The van der Waals surface area contributed by atoms with Crippen molar-refractivity contribution >= 4 is 29.8 Å². The zero-order valence-corrected chi connectivity index (χ0v) is 17.0. The Labute approximate surface area is 169 Å². The lowest BCUT2D eigenvalue weighted by molar-refractivity contribution is -0.120. The van der Waals surface area contributed by atoms with Crippen LogP contribution in [0.15, 0.2) is 40.5 Å². The van der Waals surface area contributed by atoms with Crippen molar-refractivity contribution in [1.82, 2.24) is 10.6 Å². The number of hydrogen-bond donors (Lipinski definition) is 3. The fraction of sp³-hybridized carbons (Fsp3) is 0.429. The molecule has 3 amide bonds. The molecule has 0 spiro atoms. The fourth-order valence-electron chi connectivity index (χ4n) is 3.19. The molecule has 2 heterocycles. The highest BCUT2D eigenvalue weighted by Gasteiger charge is 2.37. The number of piperidine rings is 1. The molecule has 0 bridgehead atoms. The van der Waals surface area contributed by atoms with Crippen LogP contribution in [0.3, 0.4) is 0 Å². The summed E-state index contributed by atoms with van der Waals surface area (Å²) in [5.74, 6) is -0.568. The molecule has 1 aromatic carbocycles. The maximum atomic E-state index is 12.6. The van der Waals surface area contributed by atoms with Crippen molar-refractivity contribution in [3.63, 3.8) is 0 Å². The van der Waals surface area contributed by atoms with Crippen LogP contribution in [-0.2, 0) is 20.9 Å². The van der Waals surface area contributed by atoms with Crippen LogP contribution in [-0.4, -0.2) is 36.3 Å². The number of hydrogen-bond acceptors (Lipinski definition) is 5. The minimum Gasteiger partial charge on any atom is -0.444 e. The second-order valence-electron chi connectivity index (χ2n) is 8.26. The molecule has 2 atom stereocenters. The predicted octanol–water partition coefficient (Wildman–Crippen LogP) is 2.37. The molecule has 3 N–H and O–H groups in total. The highest BCUT2D eigenvalue weighted by molar-refractivity contribution is 6.14. The highest BCUT2D eigenvalue weighted by Crippen LogP contribution is 2.31. The lowest BCUT2D eigenvalue weighted by atomic mass is 9.84. The Balaban J connectivity index is 1.60. The summed E-state index contributed by atoms with van der Waals surface area (Å²) >= 11 is 0. The van der Waals surface area contributed by atoms with Crippen molar-refractivity contribution in [2.24, 2.45) is 16.8 Å². The van der Waals surface area contributed by atoms with Gasteiger partial charge in [-0.25, -0.2) is 4.79 Å². The number of alkyl carbamates (subject to hydrolysis) is 1. The molecule has 0 aliphatic carbocycles. The molecule has 154 valence electrons. The molecule has 8 heteroatoms. The molecule has 0 aromatic heterocycles. The molecule has 2 unspecified atom stereocenters. The van der Waals surface area contributed by atoms with Gasteiger partial charge in [0.15, 0.2) is 0 Å². The van der Waals surface area contributed by atoms with Gasteiger partial charge in [0, 0.05) is 30.9 Å². The van der Waals surface area contributed by atoms with Crippen molar-refractivity contribution in [2.45, 2.75) is 39.8 Å². The van der Waals surface area contributed by atoms with Crippen LogP contribution in [0, 0.1) is 11.8 Å². The van der Waals surface area contributed by atoms with Gasteiger partial charge in [-0.2, -0.15) is 0 Å².